The summed E-state index contributed by atoms with van der Waals surface area (Å²) < 4.78 is 33.7. The summed E-state index contributed by atoms with van der Waals surface area (Å²) in [6.45, 7) is 3.93. The van der Waals surface area contributed by atoms with Gasteiger partial charge in [0.2, 0.25) is 0 Å². The Balaban J connectivity index is 4.52. The molecule has 0 aromatic carbocycles. The third-order valence-corrected chi connectivity index (χ3v) is 10.3. The van der Waals surface area contributed by atoms with E-state index in [0.717, 1.165) is 83.5 Å². The number of quaternary nitrogens is 1. The third kappa shape index (κ3) is 37.7. The maximum Gasteiger partial charge on any atom is 0.306 e. The van der Waals surface area contributed by atoms with Gasteiger partial charge in [-0.05, 0) is 70.6 Å². The van der Waals surface area contributed by atoms with E-state index >= 15 is 0 Å². The Labute approximate surface area is 341 Å². The summed E-state index contributed by atoms with van der Waals surface area (Å²) in [5.74, 6) is -0.964. The average molecular weight is 816 g/mol. The highest BCUT2D eigenvalue weighted by Gasteiger charge is 2.22. The molecule has 0 bridgehead atoms. The van der Waals surface area contributed by atoms with Gasteiger partial charge < -0.3 is 38.1 Å². The number of esters is 2. The van der Waals surface area contributed by atoms with Crippen molar-refractivity contribution in [1.29, 1.82) is 0 Å². The predicted molar refractivity (Wildman–Crippen MR) is 225 cm³/mol. The number of phosphoric acid groups is 1. The van der Waals surface area contributed by atoms with Crippen LogP contribution in [0.15, 0.2) is 36.5 Å². The lowest BCUT2D eigenvalue weighted by Crippen LogP contribution is -2.37. The fourth-order valence-electron chi connectivity index (χ4n) is 5.71. The number of allylic oxidation sites excluding steroid dienone is 5. The fraction of sp³-hybridized carbons (Fsp3) is 0.818. The zero-order valence-electron chi connectivity index (χ0n) is 36.0. The lowest BCUT2D eigenvalue weighted by atomic mass is 10.0. The van der Waals surface area contributed by atoms with Crippen molar-refractivity contribution >= 4 is 19.8 Å². The summed E-state index contributed by atoms with van der Waals surface area (Å²) in [5.41, 5.74) is 0. The summed E-state index contributed by atoms with van der Waals surface area (Å²) in [6.07, 6.45) is 31.9. The van der Waals surface area contributed by atoms with Crippen LogP contribution in [-0.4, -0.2) is 92.5 Å². The molecule has 0 aromatic rings. The van der Waals surface area contributed by atoms with E-state index < -0.39 is 44.7 Å². The van der Waals surface area contributed by atoms with Crippen molar-refractivity contribution in [3.63, 3.8) is 0 Å². The van der Waals surface area contributed by atoms with Gasteiger partial charge in [-0.25, -0.2) is 0 Å². The van der Waals surface area contributed by atoms with Gasteiger partial charge in [-0.1, -0.05) is 121 Å². The normalized spacial score (nSPS) is 15.1. The molecule has 0 aliphatic heterocycles. The van der Waals surface area contributed by atoms with Crippen molar-refractivity contribution in [2.24, 2.45) is 0 Å². The number of nitrogens with zero attached hydrogens (tertiary/aromatic N) is 1. The standard InChI is InChI=1S/C44H82NO10P/c1-6-8-10-12-14-15-16-17-18-19-20-21-22-26-30-34-43(48)52-38-40(39-54-56(50,51)53-37-36-45(3,4)5)55-44(49)35-31-27-23-25-29-33-42(47)41(46)32-28-24-13-11-9-7-2/h14-15,17-18,24,28,40-42,46-47H,6-13,16,19-23,25-27,29-39H2,1-5H3/b15-14-,18-17-,28-24-/t40-,41+,42+/m1/s1. The van der Waals surface area contributed by atoms with Crippen LogP contribution < -0.4 is 4.89 Å². The molecule has 0 saturated carbocycles. The van der Waals surface area contributed by atoms with Crippen LogP contribution in [0.25, 0.3) is 0 Å². The minimum atomic E-state index is -4.67. The third-order valence-electron chi connectivity index (χ3n) is 9.33. The van der Waals surface area contributed by atoms with Crippen LogP contribution in [0.1, 0.15) is 168 Å². The van der Waals surface area contributed by atoms with Gasteiger partial charge in [-0.3, -0.25) is 14.2 Å². The summed E-state index contributed by atoms with van der Waals surface area (Å²) in [4.78, 5) is 37.5. The second-order valence-electron chi connectivity index (χ2n) is 16.0. The molecule has 0 amide bonds. The van der Waals surface area contributed by atoms with E-state index in [1.54, 1.807) is 0 Å². The van der Waals surface area contributed by atoms with Crippen molar-refractivity contribution in [2.45, 2.75) is 186 Å². The molecule has 328 valence electrons. The molecule has 0 aromatic heterocycles. The number of phosphoric ester groups is 1. The first-order valence-electron chi connectivity index (χ1n) is 21.9. The molecule has 0 aliphatic carbocycles. The highest BCUT2D eigenvalue weighted by molar-refractivity contribution is 7.45. The Kier molecular flexibility index (Phi) is 35.0. The Morgan fingerprint density at radius 3 is 1.75 bits per heavy atom. The van der Waals surface area contributed by atoms with Crippen molar-refractivity contribution in [2.75, 3.05) is 47.5 Å². The van der Waals surface area contributed by atoms with Gasteiger partial charge in [0.05, 0.1) is 40.0 Å². The molecule has 56 heavy (non-hydrogen) atoms. The number of carbonyl (C=O) groups excluding carboxylic acids is 2. The molecule has 11 nitrogen and oxygen atoms in total. The number of carbonyl (C=O) groups is 2. The Morgan fingerprint density at radius 2 is 1.16 bits per heavy atom. The van der Waals surface area contributed by atoms with Crippen molar-refractivity contribution in [3.8, 4) is 0 Å². The number of hydrogen-bond donors (Lipinski definition) is 2. The van der Waals surface area contributed by atoms with E-state index in [0.29, 0.717) is 36.7 Å². The largest absolute Gasteiger partial charge is 0.756 e. The number of unbranched alkanes of at least 4 members (excludes halogenated alkanes) is 15. The maximum atomic E-state index is 12.7. The molecular weight excluding hydrogens is 733 g/mol. The SMILES string of the molecule is CCCCC/C=C\C/C=C\CCCCCCCC(=O)OC[C@H](COP(=O)([O-])OCC[N+](C)(C)C)OC(=O)CCCCCCC[C@H](O)[C@@H](O)C/C=C\CCCCC. The van der Waals surface area contributed by atoms with Gasteiger partial charge in [-0.2, -0.15) is 0 Å². The minimum absolute atomic E-state index is 0.0622. The number of likely N-dealkylation sites (N-methyl/N-ethyl adjacent to an activating group) is 1. The molecule has 4 atom stereocenters. The number of ether oxygens (including phenoxy) is 2. The summed E-state index contributed by atoms with van der Waals surface area (Å²) in [5, 5.41) is 20.5. The van der Waals surface area contributed by atoms with Gasteiger partial charge in [-0.15, -0.1) is 0 Å². The Morgan fingerprint density at radius 1 is 0.643 bits per heavy atom. The summed E-state index contributed by atoms with van der Waals surface area (Å²) in [7, 11) is 1.06. The van der Waals surface area contributed by atoms with Gasteiger partial charge in [0.1, 0.15) is 19.8 Å². The first-order chi connectivity index (χ1) is 26.8. The van der Waals surface area contributed by atoms with E-state index in [4.69, 9.17) is 18.5 Å². The van der Waals surface area contributed by atoms with E-state index in [1.165, 1.54) is 32.1 Å². The number of aliphatic hydroxyl groups excluding tert-OH is 2. The van der Waals surface area contributed by atoms with E-state index in [2.05, 4.69) is 44.2 Å². The van der Waals surface area contributed by atoms with Crippen LogP contribution >= 0.6 is 7.82 Å². The van der Waals surface area contributed by atoms with Crippen molar-refractivity contribution < 1.29 is 52.3 Å². The molecule has 12 heteroatoms. The van der Waals surface area contributed by atoms with E-state index in [9.17, 15) is 29.3 Å². The van der Waals surface area contributed by atoms with Crippen LogP contribution in [0.4, 0.5) is 0 Å². The first-order valence-corrected chi connectivity index (χ1v) is 23.3. The lowest BCUT2D eigenvalue weighted by molar-refractivity contribution is -0.870. The van der Waals surface area contributed by atoms with Gasteiger partial charge in [0, 0.05) is 12.8 Å². The van der Waals surface area contributed by atoms with Gasteiger partial charge in [0.25, 0.3) is 7.82 Å². The molecule has 0 spiro atoms. The topological polar surface area (TPSA) is 152 Å². The van der Waals surface area contributed by atoms with Crippen LogP contribution in [0.3, 0.4) is 0 Å². The number of hydrogen-bond acceptors (Lipinski definition) is 10. The molecule has 0 fully saturated rings. The molecular formula is C44H82NO10P. The van der Waals surface area contributed by atoms with Crippen LogP contribution in [0, 0.1) is 0 Å². The Hall–Kier alpha value is -1.85. The molecule has 0 rings (SSSR count). The maximum absolute atomic E-state index is 12.7. The molecule has 0 heterocycles. The zero-order chi connectivity index (χ0) is 41.8. The average Bonchev–Trinajstić information content (AvgIpc) is 3.14. The van der Waals surface area contributed by atoms with Gasteiger partial charge in [0.15, 0.2) is 6.10 Å². The molecule has 0 aliphatic rings. The summed E-state index contributed by atoms with van der Waals surface area (Å²) in [6, 6.07) is 0. The molecule has 2 N–H and O–H groups in total. The first kappa shape index (κ1) is 54.2. The molecule has 0 radical (unpaired) electrons. The minimum Gasteiger partial charge on any atom is -0.756 e. The van der Waals surface area contributed by atoms with E-state index in [1.807, 2.05) is 27.2 Å². The smallest absolute Gasteiger partial charge is 0.306 e. The fourth-order valence-corrected chi connectivity index (χ4v) is 6.43. The number of aliphatic hydroxyl groups is 2. The second kappa shape index (κ2) is 36.2. The molecule has 1 unspecified atom stereocenters. The summed E-state index contributed by atoms with van der Waals surface area (Å²) >= 11 is 0. The highest BCUT2D eigenvalue weighted by Crippen LogP contribution is 2.38. The monoisotopic (exact) mass is 816 g/mol. The Bertz CT molecular complexity index is 1090. The quantitative estimate of drug-likeness (QED) is 0.0202. The van der Waals surface area contributed by atoms with Crippen molar-refractivity contribution in [1.82, 2.24) is 0 Å². The predicted octanol–water partition coefficient (Wildman–Crippen LogP) is 9.44. The van der Waals surface area contributed by atoms with Crippen molar-refractivity contribution in [3.05, 3.63) is 36.5 Å². The van der Waals surface area contributed by atoms with Gasteiger partial charge >= 0.3 is 11.9 Å². The van der Waals surface area contributed by atoms with Crippen LogP contribution in [0.2, 0.25) is 0 Å². The van der Waals surface area contributed by atoms with Crippen LogP contribution in [-0.2, 0) is 32.7 Å². The highest BCUT2D eigenvalue weighted by atomic mass is 31.2. The lowest BCUT2D eigenvalue weighted by Gasteiger charge is -2.28. The number of rotatable bonds is 39. The van der Waals surface area contributed by atoms with Crippen LogP contribution in [0.5, 0.6) is 0 Å². The second-order valence-corrected chi connectivity index (χ2v) is 17.4. The van der Waals surface area contributed by atoms with E-state index in [-0.39, 0.29) is 26.1 Å². The zero-order valence-corrected chi connectivity index (χ0v) is 36.9. The molecule has 0 saturated heterocycles.